The van der Waals surface area contributed by atoms with Crippen molar-refractivity contribution in [2.45, 2.75) is 13.5 Å². The summed E-state index contributed by atoms with van der Waals surface area (Å²) in [5.41, 5.74) is 3.06. The Morgan fingerprint density at radius 3 is 2.50 bits per heavy atom. The Bertz CT molecular complexity index is 591. The van der Waals surface area contributed by atoms with Crippen LogP contribution in [-0.4, -0.2) is 18.5 Å². The molecule has 2 rings (SSSR count). The second kappa shape index (κ2) is 6.61. The van der Waals surface area contributed by atoms with E-state index in [0.29, 0.717) is 18.1 Å². The zero-order chi connectivity index (χ0) is 14.4. The van der Waals surface area contributed by atoms with Crippen LogP contribution in [-0.2, 0) is 6.61 Å². The quantitative estimate of drug-likeness (QED) is 0.515. The highest BCUT2D eigenvalue weighted by Crippen LogP contribution is 2.28. The molecule has 0 bridgehead atoms. The lowest BCUT2D eigenvalue weighted by Crippen LogP contribution is -1.98. The third-order valence-electron chi connectivity index (χ3n) is 2.91. The third kappa shape index (κ3) is 3.51. The Hall–Kier alpha value is -2.49. The minimum absolute atomic E-state index is 0.476. The minimum atomic E-state index is 0.476. The van der Waals surface area contributed by atoms with Crippen molar-refractivity contribution in [3.05, 3.63) is 59.2 Å². The Balaban J connectivity index is 2.10. The molecule has 0 atom stereocenters. The molecular formula is C16H17NO3. The maximum atomic E-state index is 8.52. The van der Waals surface area contributed by atoms with Crippen molar-refractivity contribution in [1.82, 2.24) is 0 Å². The molecule has 0 fully saturated rings. The van der Waals surface area contributed by atoms with Crippen LogP contribution in [0.5, 0.6) is 11.5 Å². The van der Waals surface area contributed by atoms with Crippen LogP contribution in [0.2, 0.25) is 0 Å². The summed E-state index contributed by atoms with van der Waals surface area (Å²) in [7, 11) is 1.58. The molecule has 2 aromatic rings. The number of methoxy groups -OCH3 is 1. The van der Waals surface area contributed by atoms with E-state index in [1.165, 1.54) is 11.8 Å². The van der Waals surface area contributed by atoms with Gasteiger partial charge in [-0.05, 0) is 30.7 Å². The number of hydrogen-bond donors (Lipinski definition) is 1. The van der Waals surface area contributed by atoms with Gasteiger partial charge in [-0.3, -0.25) is 0 Å². The van der Waals surface area contributed by atoms with Crippen molar-refractivity contribution in [1.29, 1.82) is 0 Å². The molecule has 0 aliphatic heterocycles. The van der Waals surface area contributed by atoms with E-state index in [-0.39, 0.29) is 0 Å². The molecule has 4 heteroatoms. The second-order valence-corrected chi connectivity index (χ2v) is 4.43. The molecule has 0 aromatic heterocycles. The molecule has 0 aliphatic carbocycles. The standard InChI is InChI=1S/C16H17NO3/c1-12-3-5-13(6-4-12)11-20-15-8-7-14(10-17-18)9-16(15)19-2/h3-10,18H,11H2,1-2H3. The summed E-state index contributed by atoms with van der Waals surface area (Å²) < 4.78 is 11.0. The molecule has 104 valence electrons. The SMILES string of the molecule is COc1cc(C=NO)ccc1OCc1ccc(C)cc1. The van der Waals surface area contributed by atoms with Crippen LogP contribution < -0.4 is 9.47 Å². The molecule has 0 aliphatic rings. The summed E-state index contributed by atoms with van der Waals surface area (Å²) in [5, 5.41) is 11.5. The van der Waals surface area contributed by atoms with E-state index in [4.69, 9.17) is 14.7 Å². The van der Waals surface area contributed by atoms with Gasteiger partial charge in [-0.15, -0.1) is 0 Å². The molecule has 0 radical (unpaired) electrons. The Labute approximate surface area is 118 Å². The molecule has 0 saturated carbocycles. The Morgan fingerprint density at radius 1 is 1.10 bits per heavy atom. The fourth-order valence-electron chi connectivity index (χ4n) is 1.80. The van der Waals surface area contributed by atoms with Crippen molar-refractivity contribution in [3.8, 4) is 11.5 Å². The number of oxime groups is 1. The van der Waals surface area contributed by atoms with Crippen LogP contribution in [0.1, 0.15) is 16.7 Å². The highest BCUT2D eigenvalue weighted by atomic mass is 16.5. The smallest absolute Gasteiger partial charge is 0.161 e. The first-order valence-corrected chi connectivity index (χ1v) is 6.27. The maximum absolute atomic E-state index is 8.52. The summed E-state index contributed by atoms with van der Waals surface area (Å²) >= 11 is 0. The van der Waals surface area contributed by atoms with E-state index in [0.717, 1.165) is 11.1 Å². The monoisotopic (exact) mass is 271 g/mol. The Kier molecular flexibility index (Phi) is 4.60. The molecule has 0 saturated heterocycles. The van der Waals surface area contributed by atoms with Gasteiger partial charge in [0.15, 0.2) is 11.5 Å². The number of benzene rings is 2. The van der Waals surface area contributed by atoms with Crippen molar-refractivity contribution in [2.24, 2.45) is 5.16 Å². The Morgan fingerprint density at radius 2 is 1.85 bits per heavy atom. The summed E-state index contributed by atoms with van der Waals surface area (Å²) in [6.45, 7) is 2.53. The topological polar surface area (TPSA) is 51.0 Å². The van der Waals surface area contributed by atoms with Crippen molar-refractivity contribution < 1.29 is 14.7 Å². The van der Waals surface area contributed by atoms with Gasteiger partial charge in [-0.25, -0.2) is 0 Å². The first kappa shape index (κ1) is 13.9. The zero-order valence-corrected chi connectivity index (χ0v) is 11.5. The second-order valence-electron chi connectivity index (χ2n) is 4.43. The molecule has 0 amide bonds. The summed E-state index contributed by atoms with van der Waals surface area (Å²) in [6, 6.07) is 13.5. The average molecular weight is 271 g/mol. The van der Waals surface area contributed by atoms with Gasteiger partial charge in [0.05, 0.1) is 13.3 Å². The third-order valence-corrected chi connectivity index (χ3v) is 2.91. The van der Waals surface area contributed by atoms with E-state index in [9.17, 15) is 0 Å². The first-order chi connectivity index (χ1) is 9.72. The van der Waals surface area contributed by atoms with Crippen molar-refractivity contribution in [2.75, 3.05) is 7.11 Å². The lowest BCUT2D eigenvalue weighted by Gasteiger charge is -2.11. The highest BCUT2D eigenvalue weighted by molar-refractivity contribution is 5.80. The molecule has 0 heterocycles. The minimum Gasteiger partial charge on any atom is -0.493 e. The number of ether oxygens (including phenoxy) is 2. The van der Waals surface area contributed by atoms with Crippen LogP contribution in [0.25, 0.3) is 0 Å². The summed E-state index contributed by atoms with van der Waals surface area (Å²) in [6.07, 6.45) is 1.34. The maximum Gasteiger partial charge on any atom is 0.161 e. The number of hydrogen-bond acceptors (Lipinski definition) is 4. The van der Waals surface area contributed by atoms with Gasteiger partial charge < -0.3 is 14.7 Å². The predicted molar refractivity (Wildman–Crippen MR) is 77.9 cm³/mol. The van der Waals surface area contributed by atoms with Crippen LogP contribution in [0, 0.1) is 6.92 Å². The molecular weight excluding hydrogens is 254 g/mol. The summed E-state index contributed by atoms with van der Waals surface area (Å²) in [5.74, 6) is 1.26. The normalized spacial score (nSPS) is 10.7. The van der Waals surface area contributed by atoms with Gasteiger partial charge in [0.2, 0.25) is 0 Å². The molecule has 1 N–H and O–H groups in total. The lowest BCUT2D eigenvalue weighted by atomic mass is 10.2. The molecule has 0 unspecified atom stereocenters. The largest absolute Gasteiger partial charge is 0.493 e. The highest BCUT2D eigenvalue weighted by Gasteiger charge is 2.05. The van der Waals surface area contributed by atoms with Gasteiger partial charge >= 0.3 is 0 Å². The number of aryl methyl sites for hydroxylation is 1. The van der Waals surface area contributed by atoms with Crippen LogP contribution >= 0.6 is 0 Å². The summed E-state index contributed by atoms with van der Waals surface area (Å²) in [4.78, 5) is 0. The first-order valence-electron chi connectivity index (χ1n) is 6.27. The fourth-order valence-corrected chi connectivity index (χ4v) is 1.80. The lowest BCUT2D eigenvalue weighted by molar-refractivity contribution is 0.284. The van der Waals surface area contributed by atoms with E-state index < -0.39 is 0 Å². The van der Waals surface area contributed by atoms with Gasteiger partial charge in [0, 0.05) is 5.56 Å². The van der Waals surface area contributed by atoms with E-state index in [1.807, 2.05) is 12.1 Å². The average Bonchev–Trinajstić information content (AvgIpc) is 2.47. The molecule has 2 aromatic carbocycles. The van der Waals surface area contributed by atoms with Gasteiger partial charge in [-0.1, -0.05) is 35.0 Å². The molecule has 0 spiro atoms. The predicted octanol–water partition coefficient (Wildman–Crippen LogP) is 3.39. The zero-order valence-electron chi connectivity index (χ0n) is 11.5. The molecule has 4 nitrogen and oxygen atoms in total. The van der Waals surface area contributed by atoms with Crippen LogP contribution in [0.15, 0.2) is 47.6 Å². The number of nitrogens with zero attached hydrogens (tertiary/aromatic N) is 1. The van der Waals surface area contributed by atoms with Crippen molar-refractivity contribution >= 4 is 6.21 Å². The fraction of sp³-hybridized carbons (Fsp3) is 0.188. The van der Waals surface area contributed by atoms with Crippen LogP contribution in [0.4, 0.5) is 0 Å². The molecule has 20 heavy (non-hydrogen) atoms. The van der Waals surface area contributed by atoms with Gasteiger partial charge in [0.1, 0.15) is 6.61 Å². The van der Waals surface area contributed by atoms with E-state index in [1.54, 1.807) is 25.3 Å². The van der Waals surface area contributed by atoms with Gasteiger partial charge in [-0.2, -0.15) is 0 Å². The van der Waals surface area contributed by atoms with Crippen LogP contribution in [0.3, 0.4) is 0 Å². The van der Waals surface area contributed by atoms with Crippen molar-refractivity contribution in [3.63, 3.8) is 0 Å². The van der Waals surface area contributed by atoms with E-state index in [2.05, 4.69) is 24.2 Å². The van der Waals surface area contributed by atoms with Gasteiger partial charge in [0.25, 0.3) is 0 Å². The van der Waals surface area contributed by atoms with E-state index >= 15 is 0 Å². The number of rotatable bonds is 5.